The number of amides is 1. The average molecular weight is 459 g/mol. The second kappa shape index (κ2) is 9.67. The number of nitrogens with one attached hydrogen (secondary N) is 1. The first-order valence-corrected chi connectivity index (χ1v) is 13.7. The Morgan fingerprint density at radius 3 is 2.74 bits per heavy atom. The molecule has 0 radical (unpaired) electrons. The van der Waals surface area contributed by atoms with Gasteiger partial charge in [-0.3, -0.25) is 9.69 Å². The molecule has 0 aromatic carbocycles. The van der Waals surface area contributed by atoms with Crippen LogP contribution in [0.15, 0.2) is 6.20 Å². The van der Waals surface area contributed by atoms with Crippen LogP contribution in [0.3, 0.4) is 0 Å². The van der Waals surface area contributed by atoms with Gasteiger partial charge in [0.2, 0.25) is 5.91 Å². The molecule has 0 unspecified atom stereocenters. The van der Waals surface area contributed by atoms with Gasteiger partial charge in [0.25, 0.3) is 0 Å². The Bertz CT molecular complexity index is 895. The van der Waals surface area contributed by atoms with E-state index < -0.39 is 0 Å². The highest BCUT2D eigenvalue weighted by Crippen LogP contribution is 2.40. The van der Waals surface area contributed by atoms with E-state index in [4.69, 9.17) is 4.98 Å². The van der Waals surface area contributed by atoms with E-state index in [1.54, 1.807) is 16.2 Å². The van der Waals surface area contributed by atoms with E-state index >= 15 is 0 Å². The van der Waals surface area contributed by atoms with Crippen molar-refractivity contribution in [1.82, 2.24) is 20.2 Å². The number of carbonyl (C=O) groups excluding carboxylic acids is 1. The number of hydrogen-bond donors (Lipinski definition) is 1. The number of aromatic nitrogens is 2. The molecule has 2 saturated carbocycles. The minimum atomic E-state index is 0.153. The lowest BCUT2D eigenvalue weighted by atomic mass is 9.84. The van der Waals surface area contributed by atoms with Crippen molar-refractivity contribution in [1.29, 1.82) is 0 Å². The molecule has 2 aromatic heterocycles. The predicted molar refractivity (Wildman–Crippen MR) is 127 cm³/mol. The van der Waals surface area contributed by atoms with Gasteiger partial charge in [0.1, 0.15) is 0 Å². The summed E-state index contributed by atoms with van der Waals surface area (Å²) in [5, 5.41) is 5.71. The number of aryl methyl sites for hydroxylation is 1. The van der Waals surface area contributed by atoms with Crippen LogP contribution < -0.4 is 5.32 Å². The molecule has 0 spiro atoms. The zero-order valence-corrected chi connectivity index (χ0v) is 20.2. The molecule has 1 aliphatic heterocycles. The SMILES string of the molecule is Cc1ncc(CC(=O)NC2CCC(CCN3CCc4sc(C5CCC5)nc4C3)CC2)s1. The average Bonchev–Trinajstić information content (AvgIpc) is 3.31. The topological polar surface area (TPSA) is 58.1 Å². The van der Waals surface area contributed by atoms with Crippen LogP contribution in [0.4, 0.5) is 0 Å². The fraction of sp³-hybridized carbons (Fsp3) is 0.708. The minimum Gasteiger partial charge on any atom is -0.353 e. The van der Waals surface area contributed by atoms with E-state index in [2.05, 4.69) is 15.2 Å². The Hall–Kier alpha value is -1.31. The molecule has 0 saturated heterocycles. The molecule has 2 aromatic rings. The number of nitrogens with zero attached hydrogens (tertiary/aromatic N) is 3. The van der Waals surface area contributed by atoms with Gasteiger partial charge in [-0.05, 0) is 70.8 Å². The second-order valence-corrected chi connectivity index (χ2v) is 12.1. The van der Waals surface area contributed by atoms with E-state index in [1.807, 2.05) is 24.5 Å². The summed E-state index contributed by atoms with van der Waals surface area (Å²) < 4.78 is 0. The Morgan fingerprint density at radius 2 is 2.03 bits per heavy atom. The van der Waals surface area contributed by atoms with E-state index in [0.29, 0.717) is 12.5 Å². The molecule has 7 heteroatoms. The lowest BCUT2D eigenvalue weighted by Gasteiger charge is -2.32. The van der Waals surface area contributed by atoms with Crippen molar-refractivity contribution in [2.24, 2.45) is 5.92 Å². The number of hydrogen-bond acceptors (Lipinski definition) is 6. The van der Waals surface area contributed by atoms with E-state index in [0.717, 1.165) is 41.1 Å². The molecule has 5 rings (SSSR count). The first-order valence-electron chi connectivity index (χ1n) is 12.0. The van der Waals surface area contributed by atoms with Gasteiger partial charge in [0.15, 0.2) is 0 Å². The maximum absolute atomic E-state index is 12.3. The van der Waals surface area contributed by atoms with Crippen LogP contribution in [0.2, 0.25) is 0 Å². The van der Waals surface area contributed by atoms with Crippen molar-refractivity contribution >= 4 is 28.6 Å². The summed E-state index contributed by atoms with van der Waals surface area (Å²) in [6.07, 6.45) is 13.6. The van der Waals surface area contributed by atoms with Crippen LogP contribution in [-0.4, -0.2) is 39.9 Å². The highest BCUT2D eigenvalue weighted by molar-refractivity contribution is 7.12. The van der Waals surface area contributed by atoms with Crippen molar-refractivity contribution in [3.63, 3.8) is 0 Å². The largest absolute Gasteiger partial charge is 0.353 e. The zero-order valence-electron chi connectivity index (χ0n) is 18.6. The first-order chi connectivity index (χ1) is 15.1. The molecule has 2 aliphatic carbocycles. The molecular weight excluding hydrogens is 424 g/mol. The first kappa shape index (κ1) is 21.5. The van der Waals surface area contributed by atoms with Crippen molar-refractivity contribution in [3.8, 4) is 0 Å². The third-order valence-electron chi connectivity index (χ3n) is 7.35. The van der Waals surface area contributed by atoms with Gasteiger partial charge >= 0.3 is 0 Å². The number of fused-ring (bicyclic) bond motifs is 1. The van der Waals surface area contributed by atoms with E-state index in [9.17, 15) is 4.79 Å². The molecule has 1 amide bonds. The van der Waals surface area contributed by atoms with Gasteiger partial charge in [-0.2, -0.15) is 0 Å². The molecular formula is C24H34N4OS2. The molecule has 168 valence electrons. The molecule has 3 heterocycles. The standard InChI is InChI=1S/C24H34N4OS2/c1-16-25-14-20(30-16)13-23(29)26-19-7-5-17(6-8-19)9-11-28-12-10-22-21(15-28)27-24(31-22)18-3-2-4-18/h14,17-19H,2-13,15H2,1H3,(H,26,29). The van der Waals surface area contributed by atoms with Crippen LogP contribution in [0.1, 0.15) is 82.7 Å². The third-order valence-corrected chi connectivity index (χ3v) is 9.58. The van der Waals surface area contributed by atoms with Gasteiger partial charge < -0.3 is 5.32 Å². The summed E-state index contributed by atoms with van der Waals surface area (Å²) in [4.78, 5) is 26.8. The Kier molecular flexibility index (Phi) is 6.72. The number of rotatable bonds is 7. The highest BCUT2D eigenvalue weighted by atomic mass is 32.1. The Labute approximate surface area is 193 Å². The summed E-state index contributed by atoms with van der Waals surface area (Å²) in [5.74, 6) is 1.73. The van der Waals surface area contributed by atoms with Crippen molar-refractivity contribution in [2.75, 3.05) is 13.1 Å². The van der Waals surface area contributed by atoms with Crippen LogP contribution in [-0.2, 0) is 24.2 Å². The molecule has 0 atom stereocenters. The summed E-state index contributed by atoms with van der Waals surface area (Å²) in [6.45, 7) is 5.44. The summed E-state index contributed by atoms with van der Waals surface area (Å²) in [5.41, 5.74) is 1.38. The van der Waals surface area contributed by atoms with E-state index in [-0.39, 0.29) is 5.91 Å². The summed E-state index contributed by atoms with van der Waals surface area (Å²) in [6, 6.07) is 0.357. The maximum Gasteiger partial charge on any atom is 0.225 e. The minimum absolute atomic E-state index is 0.153. The smallest absolute Gasteiger partial charge is 0.225 e. The normalized spacial score (nSPS) is 24.5. The molecule has 5 nitrogen and oxygen atoms in total. The second-order valence-electron chi connectivity index (χ2n) is 9.67. The van der Waals surface area contributed by atoms with Crippen molar-refractivity contribution < 1.29 is 4.79 Å². The van der Waals surface area contributed by atoms with Gasteiger partial charge in [0.05, 0.1) is 22.1 Å². The highest BCUT2D eigenvalue weighted by Gasteiger charge is 2.28. The molecule has 0 bridgehead atoms. The molecule has 3 aliphatic rings. The summed E-state index contributed by atoms with van der Waals surface area (Å²) >= 11 is 3.62. The van der Waals surface area contributed by atoms with Gasteiger partial charge in [-0.25, -0.2) is 9.97 Å². The van der Waals surface area contributed by atoms with Crippen molar-refractivity contribution in [3.05, 3.63) is 31.7 Å². The lowest BCUT2D eigenvalue weighted by molar-refractivity contribution is -0.121. The Balaban J connectivity index is 1.02. The fourth-order valence-corrected chi connectivity index (χ4v) is 7.20. The van der Waals surface area contributed by atoms with Crippen LogP contribution in [0, 0.1) is 12.8 Å². The molecule has 2 fully saturated rings. The predicted octanol–water partition coefficient (Wildman–Crippen LogP) is 4.84. The van der Waals surface area contributed by atoms with Crippen molar-refractivity contribution in [2.45, 2.75) is 89.6 Å². The zero-order chi connectivity index (χ0) is 21.2. The van der Waals surface area contributed by atoms with E-state index in [1.165, 1.54) is 68.7 Å². The van der Waals surface area contributed by atoms with Crippen LogP contribution in [0.25, 0.3) is 0 Å². The number of thiazole rings is 2. The fourth-order valence-electron chi connectivity index (χ4n) is 5.18. The van der Waals surface area contributed by atoms with Crippen LogP contribution in [0.5, 0.6) is 0 Å². The van der Waals surface area contributed by atoms with Gasteiger partial charge in [0, 0.05) is 41.0 Å². The quantitative estimate of drug-likeness (QED) is 0.645. The molecule has 31 heavy (non-hydrogen) atoms. The lowest BCUT2D eigenvalue weighted by Crippen LogP contribution is -2.39. The maximum atomic E-state index is 12.3. The third kappa shape index (κ3) is 5.37. The number of carbonyl (C=O) groups is 1. The van der Waals surface area contributed by atoms with Crippen LogP contribution >= 0.6 is 22.7 Å². The van der Waals surface area contributed by atoms with Gasteiger partial charge in [-0.1, -0.05) is 6.42 Å². The summed E-state index contributed by atoms with van der Waals surface area (Å²) in [7, 11) is 0. The Morgan fingerprint density at radius 1 is 1.19 bits per heavy atom. The monoisotopic (exact) mass is 458 g/mol. The van der Waals surface area contributed by atoms with Gasteiger partial charge in [-0.15, -0.1) is 22.7 Å². The molecule has 1 N–H and O–H groups in total.